The van der Waals surface area contributed by atoms with Crippen molar-refractivity contribution in [1.29, 1.82) is 0 Å². The molecule has 0 unspecified atom stereocenters. The van der Waals surface area contributed by atoms with Crippen LogP contribution < -0.4 is 15.8 Å². The van der Waals surface area contributed by atoms with Crippen LogP contribution in [0.1, 0.15) is 24.6 Å². The van der Waals surface area contributed by atoms with Gasteiger partial charge in [-0.2, -0.15) is 4.98 Å². The molecule has 1 aromatic carbocycles. The van der Waals surface area contributed by atoms with E-state index in [0.717, 1.165) is 12.8 Å². The van der Waals surface area contributed by atoms with Crippen LogP contribution in [0, 0.1) is 6.92 Å². The number of nitrogens with zero attached hydrogens (tertiary/aromatic N) is 2. The fraction of sp³-hybridized carbons (Fsp3) is 0.357. The van der Waals surface area contributed by atoms with Crippen molar-refractivity contribution >= 4 is 24.0 Å². The summed E-state index contributed by atoms with van der Waals surface area (Å²) in [5.41, 5.74) is 5.84. The average molecular weight is 325 g/mol. The van der Waals surface area contributed by atoms with Crippen molar-refractivity contribution in [3.05, 3.63) is 36.0 Å². The summed E-state index contributed by atoms with van der Waals surface area (Å²) in [6.07, 6.45) is 1.48. The van der Waals surface area contributed by atoms with E-state index in [1.807, 2.05) is 0 Å². The molecule has 0 atom stereocenters. The Labute approximate surface area is 133 Å². The molecule has 1 aliphatic rings. The van der Waals surface area contributed by atoms with Crippen molar-refractivity contribution in [1.82, 2.24) is 10.1 Å². The molecule has 1 saturated carbocycles. The largest absolute Gasteiger partial charge is 0.485 e. The number of aryl methyl sites for hydroxylation is 1. The van der Waals surface area contributed by atoms with Crippen molar-refractivity contribution in [2.24, 2.45) is 5.73 Å². The fourth-order valence-electron chi connectivity index (χ4n) is 1.80. The highest BCUT2D eigenvalue weighted by molar-refractivity contribution is 6.00. The number of nitrogens with two attached hydrogens (primary N) is 1. The third-order valence-electron chi connectivity index (χ3n) is 3.29. The van der Waals surface area contributed by atoms with Gasteiger partial charge in [-0.3, -0.25) is 4.79 Å². The van der Waals surface area contributed by atoms with Crippen LogP contribution in [0.25, 0.3) is 0 Å². The molecule has 3 rings (SSSR count). The van der Waals surface area contributed by atoms with Crippen LogP contribution in [0.2, 0.25) is 0 Å². The van der Waals surface area contributed by atoms with Crippen LogP contribution in [-0.4, -0.2) is 21.6 Å². The van der Waals surface area contributed by atoms with Crippen molar-refractivity contribution in [2.75, 3.05) is 5.32 Å². The van der Waals surface area contributed by atoms with Crippen LogP contribution in [0.15, 0.2) is 28.8 Å². The minimum atomic E-state index is -0.675. The van der Waals surface area contributed by atoms with Gasteiger partial charge >= 0.3 is 0 Å². The first-order chi connectivity index (χ1) is 10.0. The first-order valence-electron chi connectivity index (χ1n) is 6.68. The second-order valence-electron chi connectivity index (χ2n) is 5.15. The Balaban J connectivity index is 0.00000176. The maximum atomic E-state index is 11.8. The lowest BCUT2D eigenvalue weighted by Crippen LogP contribution is -2.37. The van der Waals surface area contributed by atoms with Crippen LogP contribution >= 0.6 is 12.4 Å². The number of carbonyl (C=O) groups excluding carboxylic acids is 1. The summed E-state index contributed by atoms with van der Waals surface area (Å²) in [5.74, 6) is 1.51. The molecule has 1 heterocycles. The number of nitrogens with one attached hydrogen (secondary N) is 1. The molecule has 22 heavy (non-hydrogen) atoms. The summed E-state index contributed by atoms with van der Waals surface area (Å²) in [6, 6.07) is 7.05. The van der Waals surface area contributed by atoms with E-state index in [-0.39, 0.29) is 24.9 Å². The lowest BCUT2D eigenvalue weighted by Gasteiger charge is -2.10. The highest BCUT2D eigenvalue weighted by Crippen LogP contribution is 2.33. The first-order valence-corrected chi connectivity index (χ1v) is 6.68. The van der Waals surface area contributed by atoms with Gasteiger partial charge in [-0.05, 0) is 37.1 Å². The Kier molecular flexibility index (Phi) is 4.68. The minimum Gasteiger partial charge on any atom is -0.485 e. The summed E-state index contributed by atoms with van der Waals surface area (Å²) >= 11 is 0. The van der Waals surface area contributed by atoms with Crippen LogP contribution in [-0.2, 0) is 11.4 Å². The van der Waals surface area contributed by atoms with Gasteiger partial charge in [0.1, 0.15) is 5.75 Å². The molecule has 1 amide bonds. The fourth-order valence-corrected chi connectivity index (χ4v) is 1.80. The molecule has 7 nitrogen and oxygen atoms in total. The van der Waals surface area contributed by atoms with Gasteiger partial charge in [-0.25, -0.2) is 0 Å². The molecular formula is C14H17ClN4O3. The average Bonchev–Trinajstić information content (AvgIpc) is 3.09. The van der Waals surface area contributed by atoms with Crippen LogP contribution in [0.4, 0.5) is 5.69 Å². The third-order valence-corrected chi connectivity index (χ3v) is 3.29. The van der Waals surface area contributed by atoms with E-state index in [0.29, 0.717) is 23.2 Å². The topological polar surface area (TPSA) is 103 Å². The maximum Gasteiger partial charge on any atom is 0.244 e. The number of hydrogen-bond donors (Lipinski definition) is 2. The molecule has 1 fully saturated rings. The second-order valence-corrected chi connectivity index (χ2v) is 5.15. The molecule has 2 aromatic rings. The number of halogens is 1. The smallest absolute Gasteiger partial charge is 0.244 e. The van der Waals surface area contributed by atoms with E-state index < -0.39 is 5.54 Å². The normalized spacial score (nSPS) is 14.8. The molecule has 0 aliphatic heterocycles. The van der Waals surface area contributed by atoms with Gasteiger partial charge in [-0.15, -0.1) is 12.4 Å². The lowest BCUT2D eigenvalue weighted by atomic mass is 10.2. The SMILES string of the molecule is Cc1nc(COc2ccc(NC(=O)C3(N)CC3)cc2)no1.Cl. The number of benzene rings is 1. The van der Waals surface area contributed by atoms with Gasteiger partial charge in [0.25, 0.3) is 0 Å². The van der Waals surface area contributed by atoms with Crippen LogP contribution in [0.5, 0.6) is 5.75 Å². The molecule has 1 aliphatic carbocycles. The van der Waals surface area contributed by atoms with E-state index in [1.54, 1.807) is 31.2 Å². The molecule has 0 saturated heterocycles. The highest BCUT2D eigenvalue weighted by atomic mass is 35.5. The van der Waals surface area contributed by atoms with Gasteiger partial charge in [-0.1, -0.05) is 5.16 Å². The number of ether oxygens (including phenoxy) is 1. The van der Waals surface area contributed by atoms with Gasteiger partial charge < -0.3 is 20.3 Å². The van der Waals surface area contributed by atoms with E-state index in [4.69, 9.17) is 15.0 Å². The molecule has 8 heteroatoms. The van der Waals surface area contributed by atoms with Gasteiger partial charge in [0, 0.05) is 12.6 Å². The maximum absolute atomic E-state index is 11.8. The van der Waals surface area contributed by atoms with Crippen molar-refractivity contribution in [2.45, 2.75) is 31.9 Å². The zero-order valence-electron chi connectivity index (χ0n) is 12.0. The van der Waals surface area contributed by atoms with E-state index >= 15 is 0 Å². The summed E-state index contributed by atoms with van der Waals surface area (Å²) < 4.78 is 10.4. The van der Waals surface area contributed by atoms with Gasteiger partial charge in [0.2, 0.25) is 17.6 Å². The van der Waals surface area contributed by atoms with Crippen molar-refractivity contribution in [3.8, 4) is 5.75 Å². The molecule has 118 valence electrons. The van der Waals surface area contributed by atoms with Crippen LogP contribution in [0.3, 0.4) is 0 Å². The molecule has 1 aromatic heterocycles. The minimum absolute atomic E-state index is 0. The molecule has 0 radical (unpaired) electrons. The number of amides is 1. The monoisotopic (exact) mass is 324 g/mol. The summed E-state index contributed by atoms with van der Waals surface area (Å²) in [4.78, 5) is 15.8. The highest BCUT2D eigenvalue weighted by Gasteiger charge is 2.45. The Hall–Kier alpha value is -2.12. The summed E-state index contributed by atoms with van der Waals surface area (Å²) in [7, 11) is 0. The van der Waals surface area contributed by atoms with Crippen molar-refractivity contribution < 1.29 is 14.1 Å². The van der Waals surface area contributed by atoms with E-state index in [1.165, 1.54) is 0 Å². The lowest BCUT2D eigenvalue weighted by molar-refractivity contribution is -0.118. The zero-order valence-corrected chi connectivity index (χ0v) is 12.9. The Morgan fingerprint density at radius 1 is 1.41 bits per heavy atom. The number of rotatable bonds is 5. The Bertz CT molecular complexity index is 652. The molecule has 0 spiro atoms. The third kappa shape index (κ3) is 3.75. The number of aromatic nitrogens is 2. The number of carbonyl (C=O) groups is 1. The number of hydrogen-bond acceptors (Lipinski definition) is 6. The van der Waals surface area contributed by atoms with Crippen molar-refractivity contribution in [3.63, 3.8) is 0 Å². The van der Waals surface area contributed by atoms with Gasteiger partial charge in [0.15, 0.2) is 6.61 Å². The molecule has 0 bridgehead atoms. The number of anilines is 1. The molecule has 3 N–H and O–H groups in total. The predicted molar refractivity (Wildman–Crippen MR) is 81.8 cm³/mol. The summed E-state index contributed by atoms with van der Waals surface area (Å²) in [6.45, 7) is 1.95. The molecular weight excluding hydrogens is 308 g/mol. The van der Waals surface area contributed by atoms with Gasteiger partial charge in [0.05, 0.1) is 5.54 Å². The second kappa shape index (κ2) is 6.33. The predicted octanol–water partition coefficient (Wildman–Crippen LogP) is 1.81. The van der Waals surface area contributed by atoms with E-state index in [9.17, 15) is 4.79 Å². The quantitative estimate of drug-likeness (QED) is 0.869. The first kappa shape index (κ1) is 16.3. The standard InChI is InChI=1S/C14H16N4O3.ClH/c1-9-16-12(18-21-9)8-20-11-4-2-10(3-5-11)17-13(19)14(15)6-7-14;/h2-5H,6-8,15H2,1H3,(H,17,19);1H. The zero-order chi connectivity index (χ0) is 14.9. The van der Waals surface area contributed by atoms with E-state index in [2.05, 4.69) is 15.5 Å². The Morgan fingerprint density at radius 3 is 2.64 bits per heavy atom. The summed E-state index contributed by atoms with van der Waals surface area (Å²) in [5, 5.41) is 6.53. The Morgan fingerprint density at radius 2 is 2.09 bits per heavy atom.